The van der Waals surface area contributed by atoms with Crippen LogP contribution in [0, 0.1) is 5.92 Å². The van der Waals surface area contributed by atoms with Gasteiger partial charge in [0.2, 0.25) is 22.2 Å². The van der Waals surface area contributed by atoms with Gasteiger partial charge < -0.3 is 9.63 Å². The third-order valence-corrected chi connectivity index (χ3v) is 8.19. The third-order valence-electron chi connectivity index (χ3n) is 6.06. The number of aliphatic hydroxyl groups excluding tert-OH is 1. The van der Waals surface area contributed by atoms with E-state index in [4.69, 9.17) is 16.1 Å². The third kappa shape index (κ3) is 5.04. The molecule has 0 spiro atoms. The van der Waals surface area contributed by atoms with Crippen LogP contribution >= 0.6 is 11.6 Å². The fraction of sp³-hybridized carbons (Fsp3) is 0.391. The molecule has 0 unspecified atom stereocenters. The highest BCUT2D eigenvalue weighted by atomic mass is 35.5. The molecule has 9 heteroatoms. The van der Waals surface area contributed by atoms with Crippen molar-refractivity contribution >= 4 is 21.6 Å². The van der Waals surface area contributed by atoms with Gasteiger partial charge in [-0.3, -0.25) is 0 Å². The van der Waals surface area contributed by atoms with Gasteiger partial charge >= 0.3 is 0 Å². The molecule has 2 atom stereocenters. The Labute approximate surface area is 193 Å². The Morgan fingerprint density at radius 3 is 2.41 bits per heavy atom. The Kier molecular flexibility index (Phi) is 7.25. The van der Waals surface area contributed by atoms with Crippen molar-refractivity contribution in [1.29, 1.82) is 0 Å². The number of rotatable bonds is 7. The first-order valence-corrected chi connectivity index (χ1v) is 12.5. The van der Waals surface area contributed by atoms with E-state index in [0.717, 1.165) is 43.2 Å². The number of hydrogen-bond donors (Lipinski definition) is 1. The van der Waals surface area contributed by atoms with Gasteiger partial charge in [0.15, 0.2) is 0 Å². The Balaban J connectivity index is 1.69. The SMILES string of the molecule is O=S(=O)(c1ccc(Cl)cc1)N(Cc1ccc(-c2ncon2)cc1)[C@@H]1CCCCC[C@@H]1CO. The number of sulfonamides is 1. The van der Waals surface area contributed by atoms with Gasteiger partial charge in [-0.2, -0.15) is 9.29 Å². The Morgan fingerprint density at radius 2 is 1.75 bits per heavy atom. The zero-order valence-electron chi connectivity index (χ0n) is 17.6. The van der Waals surface area contributed by atoms with Gasteiger partial charge in [0.1, 0.15) is 0 Å². The molecule has 0 bridgehead atoms. The zero-order chi connectivity index (χ0) is 22.6. The van der Waals surface area contributed by atoms with Gasteiger partial charge in [0, 0.05) is 29.8 Å². The topological polar surface area (TPSA) is 96.5 Å². The first-order valence-electron chi connectivity index (χ1n) is 10.7. The fourth-order valence-electron chi connectivity index (χ4n) is 4.32. The number of aromatic nitrogens is 2. The lowest BCUT2D eigenvalue weighted by Gasteiger charge is -2.35. The highest BCUT2D eigenvalue weighted by molar-refractivity contribution is 7.89. The normalized spacial score (nSPS) is 19.7. The van der Waals surface area contributed by atoms with Crippen LogP contribution in [0.5, 0.6) is 0 Å². The van der Waals surface area contributed by atoms with Crippen LogP contribution in [0.25, 0.3) is 11.4 Å². The molecule has 3 aromatic rings. The molecule has 170 valence electrons. The summed E-state index contributed by atoms with van der Waals surface area (Å²) < 4.78 is 33.8. The second kappa shape index (κ2) is 10.1. The van der Waals surface area contributed by atoms with Crippen molar-refractivity contribution in [2.45, 2.75) is 49.6 Å². The van der Waals surface area contributed by atoms with Crippen LogP contribution in [0.4, 0.5) is 0 Å². The van der Waals surface area contributed by atoms with Crippen molar-refractivity contribution < 1.29 is 18.0 Å². The minimum absolute atomic E-state index is 0.0337. The van der Waals surface area contributed by atoms with Crippen molar-refractivity contribution in [3.8, 4) is 11.4 Å². The first kappa shape index (κ1) is 22.9. The highest BCUT2D eigenvalue weighted by Crippen LogP contribution is 2.33. The van der Waals surface area contributed by atoms with Crippen molar-refractivity contribution in [1.82, 2.24) is 14.4 Å². The molecule has 0 amide bonds. The minimum atomic E-state index is -3.80. The summed E-state index contributed by atoms with van der Waals surface area (Å²) in [7, 11) is -3.80. The summed E-state index contributed by atoms with van der Waals surface area (Å²) in [5, 5.41) is 14.4. The van der Waals surface area contributed by atoms with Crippen molar-refractivity contribution in [3.05, 3.63) is 65.5 Å². The Bertz CT molecular complexity index is 1100. The Hall–Kier alpha value is -2.26. The minimum Gasteiger partial charge on any atom is -0.396 e. The lowest BCUT2D eigenvalue weighted by atomic mass is 9.95. The van der Waals surface area contributed by atoms with Crippen molar-refractivity contribution in [2.75, 3.05) is 6.61 Å². The van der Waals surface area contributed by atoms with E-state index in [9.17, 15) is 13.5 Å². The molecule has 2 aromatic carbocycles. The summed E-state index contributed by atoms with van der Waals surface area (Å²) in [6, 6.07) is 13.4. The molecule has 32 heavy (non-hydrogen) atoms. The molecule has 1 fully saturated rings. The molecule has 1 heterocycles. The van der Waals surface area contributed by atoms with Crippen LogP contribution in [0.15, 0.2) is 64.3 Å². The quantitative estimate of drug-likeness (QED) is 0.504. The highest BCUT2D eigenvalue weighted by Gasteiger charge is 2.36. The molecule has 0 radical (unpaired) electrons. The molecule has 1 aliphatic rings. The number of aliphatic hydroxyl groups is 1. The molecule has 1 saturated carbocycles. The molecular weight excluding hydrogens is 450 g/mol. The maximum absolute atomic E-state index is 13.7. The predicted molar refractivity (Wildman–Crippen MR) is 121 cm³/mol. The van der Waals surface area contributed by atoms with Crippen molar-refractivity contribution in [2.24, 2.45) is 5.92 Å². The van der Waals surface area contributed by atoms with E-state index in [2.05, 4.69) is 10.1 Å². The van der Waals surface area contributed by atoms with Gasteiger partial charge in [0.25, 0.3) is 0 Å². The largest absolute Gasteiger partial charge is 0.396 e. The van der Waals surface area contributed by atoms with E-state index in [1.807, 2.05) is 24.3 Å². The lowest BCUT2D eigenvalue weighted by Crippen LogP contribution is -2.44. The molecule has 1 aliphatic carbocycles. The number of halogens is 1. The zero-order valence-corrected chi connectivity index (χ0v) is 19.2. The standard InChI is InChI=1S/C23H26ClN3O4S/c24-20-10-12-21(13-11-20)32(29,30)27(22-5-3-1-2-4-19(22)15-28)14-17-6-8-18(9-7-17)23-25-16-31-26-23/h6-13,16,19,22,28H,1-5,14-15H2/t19-,22-/m1/s1. The molecule has 7 nitrogen and oxygen atoms in total. The van der Waals surface area contributed by atoms with E-state index < -0.39 is 10.0 Å². The molecule has 1 aromatic heterocycles. The second-order valence-electron chi connectivity index (χ2n) is 8.10. The maximum Gasteiger partial charge on any atom is 0.243 e. The van der Waals surface area contributed by atoms with Crippen LogP contribution < -0.4 is 0 Å². The van der Waals surface area contributed by atoms with Gasteiger partial charge in [0.05, 0.1) is 4.90 Å². The predicted octanol–water partition coefficient (Wildman–Crippen LogP) is 4.52. The van der Waals surface area contributed by atoms with E-state index in [1.54, 1.807) is 16.4 Å². The van der Waals surface area contributed by atoms with E-state index in [0.29, 0.717) is 10.8 Å². The summed E-state index contributed by atoms with van der Waals surface area (Å²) in [6.45, 7) is 0.173. The van der Waals surface area contributed by atoms with Gasteiger partial charge in [-0.1, -0.05) is 60.3 Å². The maximum atomic E-state index is 13.7. The average Bonchev–Trinajstić information content (AvgIpc) is 3.24. The number of benzene rings is 2. The molecular formula is C23H26ClN3O4S. The second-order valence-corrected chi connectivity index (χ2v) is 10.4. The molecule has 0 saturated heterocycles. The van der Waals surface area contributed by atoms with Gasteiger partial charge in [-0.05, 0) is 48.6 Å². The van der Waals surface area contributed by atoms with E-state index >= 15 is 0 Å². The van der Waals surface area contributed by atoms with Crippen LogP contribution in [-0.2, 0) is 16.6 Å². The molecule has 4 rings (SSSR count). The van der Waals surface area contributed by atoms with Crippen molar-refractivity contribution in [3.63, 3.8) is 0 Å². The molecule has 1 N–H and O–H groups in total. The summed E-state index contributed by atoms with van der Waals surface area (Å²) in [6.07, 6.45) is 5.77. The Morgan fingerprint density at radius 1 is 1.03 bits per heavy atom. The fourth-order valence-corrected chi connectivity index (χ4v) is 6.15. The molecule has 0 aliphatic heterocycles. The lowest BCUT2D eigenvalue weighted by molar-refractivity contribution is 0.139. The van der Waals surface area contributed by atoms with Crippen LogP contribution in [0.1, 0.15) is 37.7 Å². The van der Waals surface area contributed by atoms with Crippen LogP contribution in [-0.4, -0.2) is 40.6 Å². The summed E-state index contributed by atoms with van der Waals surface area (Å²) in [5.41, 5.74) is 1.63. The average molecular weight is 476 g/mol. The van der Waals surface area contributed by atoms with Gasteiger partial charge in [-0.15, -0.1) is 0 Å². The summed E-state index contributed by atoms with van der Waals surface area (Å²) in [4.78, 5) is 4.25. The van der Waals surface area contributed by atoms with E-state index in [-0.39, 0.29) is 30.0 Å². The summed E-state index contributed by atoms with van der Waals surface area (Å²) >= 11 is 5.99. The monoisotopic (exact) mass is 475 g/mol. The number of nitrogens with zero attached hydrogens (tertiary/aromatic N) is 3. The number of hydrogen-bond acceptors (Lipinski definition) is 6. The first-order chi connectivity index (χ1) is 15.5. The van der Waals surface area contributed by atoms with Crippen LogP contribution in [0.2, 0.25) is 5.02 Å². The smallest absolute Gasteiger partial charge is 0.243 e. The van der Waals surface area contributed by atoms with Gasteiger partial charge in [-0.25, -0.2) is 8.42 Å². The summed E-state index contributed by atoms with van der Waals surface area (Å²) in [5.74, 6) is 0.379. The van der Waals surface area contributed by atoms with E-state index in [1.165, 1.54) is 18.5 Å². The van der Waals surface area contributed by atoms with Crippen LogP contribution in [0.3, 0.4) is 0 Å².